The maximum atomic E-state index is 13.5. The van der Waals surface area contributed by atoms with E-state index in [0.29, 0.717) is 6.42 Å². The van der Waals surface area contributed by atoms with Crippen LogP contribution >= 0.6 is 0 Å². The van der Waals surface area contributed by atoms with E-state index in [0.717, 1.165) is 11.3 Å². The SMILES string of the molecule is COc1ccc(CC(N)Cc2c(F)cccc2F)cc1. The number of halogens is 2. The van der Waals surface area contributed by atoms with Crippen molar-refractivity contribution in [2.45, 2.75) is 18.9 Å². The molecule has 2 aromatic rings. The lowest BCUT2D eigenvalue weighted by molar-refractivity contribution is 0.414. The molecule has 4 heteroatoms. The third kappa shape index (κ3) is 3.54. The van der Waals surface area contributed by atoms with Gasteiger partial charge in [-0.05, 0) is 42.7 Å². The van der Waals surface area contributed by atoms with Gasteiger partial charge in [0.05, 0.1) is 7.11 Å². The minimum absolute atomic E-state index is 0.0495. The lowest BCUT2D eigenvalue weighted by Crippen LogP contribution is -2.26. The maximum Gasteiger partial charge on any atom is 0.129 e. The molecule has 0 amide bonds. The van der Waals surface area contributed by atoms with Crippen LogP contribution in [0.4, 0.5) is 8.78 Å². The van der Waals surface area contributed by atoms with Crippen LogP contribution in [-0.4, -0.2) is 13.2 Å². The van der Waals surface area contributed by atoms with Crippen LogP contribution in [-0.2, 0) is 12.8 Å². The Labute approximate surface area is 117 Å². The van der Waals surface area contributed by atoms with Crippen molar-refractivity contribution < 1.29 is 13.5 Å². The fourth-order valence-corrected chi connectivity index (χ4v) is 2.13. The van der Waals surface area contributed by atoms with E-state index in [9.17, 15) is 8.78 Å². The molecule has 0 heterocycles. The highest BCUT2D eigenvalue weighted by atomic mass is 19.1. The average molecular weight is 277 g/mol. The minimum atomic E-state index is -0.546. The first-order valence-electron chi connectivity index (χ1n) is 6.41. The second-order valence-corrected chi connectivity index (χ2v) is 4.72. The van der Waals surface area contributed by atoms with Crippen molar-refractivity contribution in [2.75, 3.05) is 7.11 Å². The first-order chi connectivity index (χ1) is 9.60. The zero-order valence-corrected chi connectivity index (χ0v) is 11.3. The molecule has 2 rings (SSSR count). The molecule has 0 radical (unpaired) electrons. The first-order valence-corrected chi connectivity index (χ1v) is 6.41. The van der Waals surface area contributed by atoms with E-state index in [1.54, 1.807) is 7.11 Å². The van der Waals surface area contributed by atoms with Crippen LogP contribution in [0.2, 0.25) is 0 Å². The second kappa shape index (κ2) is 6.48. The van der Waals surface area contributed by atoms with Crippen molar-refractivity contribution in [2.24, 2.45) is 5.73 Å². The van der Waals surface area contributed by atoms with Crippen LogP contribution < -0.4 is 10.5 Å². The van der Waals surface area contributed by atoms with E-state index in [1.807, 2.05) is 24.3 Å². The molecule has 0 fully saturated rings. The van der Waals surface area contributed by atoms with E-state index in [-0.39, 0.29) is 18.0 Å². The Morgan fingerprint density at radius 1 is 1.00 bits per heavy atom. The number of hydrogen-bond donors (Lipinski definition) is 1. The molecule has 20 heavy (non-hydrogen) atoms. The molecular weight excluding hydrogens is 260 g/mol. The van der Waals surface area contributed by atoms with Crippen molar-refractivity contribution in [3.05, 3.63) is 65.2 Å². The van der Waals surface area contributed by atoms with Crippen molar-refractivity contribution in [3.63, 3.8) is 0 Å². The molecular formula is C16H17F2NO. The minimum Gasteiger partial charge on any atom is -0.497 e. The predicted octanol–water partition coefficient (Wildman–Crippen LogP) is 3.09. The molecule has 2 nitrogen and oxygen atoms in total. The van der Waals surface area contributed by atoms with Gasteiger partial charge in [-0.15, -0.1) is 0 Å². The van der Waals surface area contributed by atoms with Gasteiger partial charge in [-0.25, -0.2) is 8.78 Å². The number of ether oxygens (including phenoxy) is 1. The van der Waals surface area contributed by atoms with Gasteiger partial charge in [0.2, 0.25) is 0 Å². The van der Waals surface area contributed by atoms with Gasteiger partial charge >= 0.3 is 0 Å². The van der Waals surface area contributed by atoms with Crippen molar-refractivity contribution in [1.82, 2.24) is 0 Å². The Morgan fingerprint density at radius 2 is 1.60 bits per heavy atom. The molecule has 0 saturated heterocycles. The Bertz CT molecular complexity index is 549. The van der Waals surface area contributed by atoms with Crippen molar-refractivity contribution >= 4 is 0 Å². The van der Waals surface area contributed by atoms with E-state index in [4.69, 9.17) is 10.5 Å². The summed E-state index contributed by atoms with van der Waals surface area (Å²) in [6.07, 6.45) is 0.725. The Balaban J connectivity index is 2.03. The van der Waals surface area contributed by atoms with Crippen LogP contribution in [0.1, 0.15) is 11.1 Å². The van der Waals surface area contributed by atoms with Crippen LogP contribution in [0.25, 0.3) is 0 Å². The second-order valence-electron chi connectivity index (χ2n) is 4.72. The van der Waals surface area contributed by atoms with Crippen LogP contribution in [0.15, 0.2) is 42.5 Å². The summed E-state index contributed by atoms with van der Waals surface area (Å²) < 4.78 is 32.1. The molecule has 0 bridgehead atoms. The zero-order valence-electron chi connectivity index (χ0n) is 11.3. The number of hydrogen-bond acceptors (Lipinski definition) is 2. The Kier molecular flexibility index (Phi) is 4.69. The third-order valence-corrected chi connectivity index (χ3v) is 3.18. The fraction of sp³-hybridized carbons (Fsp3) is 0.250. The molecule has 2 aromatic carbocycles. The number of benzene rings is 2. The summed E-state index contributed by atoms with van der Waals surface area (Å²) in [6.45, 7) is 0. The summed E-state index contributed by atoms with van der Waals surface area (Å²) in [4.78, 5) is 0. The highest BCUT2D eigenvalue weighted by molar-refractivity contribution is 5.28. The number of nitrogens with two attached hydrogens (primary N) is 1. The lowest BCUT2D eigenvalue weighted by atomic mass is 9.99. The number of methoxy groups -OCH3 is 1. The van der Waals surface area contributed by atoms with Crippen LogP contribution in [0.5, 0.6) is 5.75 Å². The maximum absolute atomic E-state index is 13.5. The van der Waals surface area contributed by atoms with E-state index < -0.39 is 11.6 Å². The van der Waals surface area contributed by atoms with E-state index in [1.165, 1.54) is 18.2 Å². The molecule has 1 atom stereocenters. The van der Waals surface area contributed by atoms with Crippen LogP contribution in [0.3, 0.4) is 0 Å². The third-order valence-electron chi connectivity index (χ3n) is 3.18. The molecule has 0 aromatic heterocycles. The zero-order chi connectivity index (χ0) is 14.5. The van der Waals surface area contributed by atoms with Gasteiger partial charge in [0.1, 0.15) is 17.4 Å². The topological polar surface area (TPSA) is 35.2 Å². The van der Waals surface area contributed by atoms with Crippen LogP contribution in [0, 0.1) is 11.6 Å². The largest absolute Gasteiger partial charge is 0.497 e. The molecule has 0 aliphatic rings. The van der Waals surface area contributed by atoms with Gasteiger partial charge in [0.25, 0.3) is 0 Å². The molecule has 2 N–H and O–H groups in total. The summed E-state index contributed by atoms with van der Waals surface area (Å²) in [5, 5.41) is 0. The van der Waals surface area contributed by atoms with Crippen molar-refractivity contribution in [1.29, 1.82) is 0 Å². The Hall–Kier alpha value is -1.94. The normalized spacial score (nSPS) is 12.2. The smallest absolute Gasteiger partial charge is 0.129 e. The first kappa shape index (κ1) is 14.5. The standard InChI is InChI=1S/C16H17F2NO/c1-20-13-7-5-11(6-8-13)9-12(19)10-14-15(17)3-2-4-16(14)18/h2-8,12H,9-10,19H2,1H3. The number of rotatable bonds is 5. The molecule has 0 spiro atoms. The van der Waals surface area contributed by atoms with E-state index in [2.05, 4.69) is 0 Å². The lowest BCUT2D eigenvalue weighted by Gasteiger charge is -2.13. The molecule has 0 aliphatic carbocycles. The van der Waals surface area contributed by atoms with Crippen molar-refractivity contribution in [3.8, 4) is 5.75 Å². The fourth-order valence-electron chi connectivity index (χ4n) is 2.13. The molecule has 0 aliphatic heterocycles. The van der Waals surface area contributed by atoms with Gasteiger partial charge in [-0.3, -0.25) is 0 Å². The monoisotopic (exact) mass is 277 g/mol. The average Bonchev–Trinajstić information content (AvgIpc) is 2.44. The summed E-state index contributed by atoms with van der Waals surface area (Å²) in [5.41, 5.74) is 7.04. The predicted molar refractivity (Wildman–Crippen MR) is 74.7 cm³/mol. The molecule has 106 valence electrons. The van der Waals surface area contributed by atoms with E-state index >= 15 is 0 Å². The molecule has 1 unspecified atom stereocenters. The van der Waals surface area contributed by atoms with Gasteiger partial charge in [-0.1, -0.05) is 18.2 Å². The summed E-state index contributed by atoms with van der Waals surface area (Å²) >= 11 is 0. The highest BCUT2D eigenvalue weighted by Crippen LogP contribution is 2.17. The molecule has 0 saturated carbocycles. The van der Waals surface area contributed by atoms with Gasteiger partial charge in [-0.2, -0.15) is 0 Å². The quantitative estimate of drug-likeness (QED) is 0.911. The van der Waals surface area contributed by atoms with Gasteiger partial charge in [0.15, 0.2) is 0 Å². The highest BCUT2D eigenvalue weighted by Gasteiger charge is 2.13. The summed E-state index contributed by atoms with van der Waals surface area (Å²) in [5.74, 6) is -0.326. The van der Waals surface area contributed by atoms with Gasteiger partial charge < -0.3 is 10.5 Å². The van der Waals surface area contributed by atoms with Gasteiger partial charge in [0, 0.05) is 11.6 Å². The Morgan fingerprint density at radius 3 is 2.15 bits per heavy atom. The summed E-state index contributed by atoms with van der Waals surface area (Å²) in [7, 11) is 1.60. The summed E-state index contributed by atoms with van der Waals surface area (Å²) in [6, 6.07) is 11.0.